The summed E-state index contributed by atoms with van der Waals surface area (Å²) in [6.45, 7) is 1.93. The summed E-state index contributed by atoms with van der Waals surface area (Å²) in [7, 11) is -3.78. The third kappa shape index (κ3) is 3.96. The molecule has 0 aliphatic carbocycles. The Bertz CT molecular complexity index is 1120. The number of nitrogens with one attached hydrogen (secondary N) is 1. The van der Waals surface area contributed by atoms with Gasteiger partial charge < -0.3 is 5.32 Å². The molecule has 1 aliphatic rings. The summed E-state index contributed by atoms with van der Waals surface area (Å²) in [6, 6.07) is 8.89. The van der Waals surface area contributed by atoms with Crippen LogP contribution in [-0.2, 0) is 10.0 Å². The molecule has 1 unspecified atom stereocenters. The molecular formula is C20H20FN5O2S. The first-order valence-corrected chi connectivity index (χ1v) is 10.7. The van der Waals surface area contributed by atoms with E-state index in [4.69, 9.17) is 0 Å². The molecule has 1 saturated heterocycles. The third-order valence-electron chi connectivity index (χ3n) is 4.86. The zero-order valence-electron chi connectivity index (χ0n) is 15.8. The number of aromatic nitrogens is 3. The zero-order chi connectivity index (χ0) is 20.4. The highest BCUT2D eigenvalue weighted by atomic mass is 32.2. The van der Waals surface area contributed by atoms with Crippen LogP contribution in [0.3, 0.4) is 0 Å². The lowest BCUT2D eigenvalue weighted by molar-refractivity contribution is 0.390. The van der Waals surface area contributed by atoms with E-state index in [1.54, 1.807) is 31.6 Å². The van der Waals surface area contributed by atoms with E-state index < -0.39 is 21.9 Å². The highest BCUT2D eigenvalue weighted by molar-refractivity contribution is 7.89. The van der Waals surface area contributed by atoms with Gasteiger partial charge in [-0.05, 0) is 55.7 Å². The summed E-state index contributed by atoms with van der Waals surface area (Å²) >= 11 is 0. The van der Waals surface area contributed by atoms with Gasteiger partial charge in [-0.15, -0.1) is 0 Å². The van der Waals surface area contributed by atoms with Gasteiger partial charge in [-0.2, -0.15) is 4.31 Å². The van der Waals surface area contributed by atoms with Crippen LogP contribution in [0.5, 0.6) is 0 Å². The molecule has 2 aromatic heterocycles. The second kappa shape index (κ2) is 7.84. The minimum absolute atomic E-state index is 0.0824. The Kier molecular flexibility index (Phi) is 5.25. The van der Waals surface area contributed by atoms with Crippen LogP contribution in [0.1, 0.15) is 30.1 Å². The van der Waals surface area contributed by atoms with Gasteiger partial charge in [-0.3, -0.25) is 4.98 Å². The average molecular weight is 413 g/mol. The van der Waals surface area contributed by atoms with E-state index in [1.807, 2.05) is 12.1 Å². The van der Waals surface area contributed by atoms with Crippen molar-refractivity contribution in [3.05, 3.63) is 72.1 Å². The van der Waals surface area contributed by atoms with Gasteiger partial charge in [0.25, 0.3) is 0 Å². The van der Waals surface area contributed by atoms with E-state index in [9.17, 15) is 12.8 Å². The molecule has 150 valence electrons. The van der Waals surface area contributed by atoms with E-state index in [2.05, 4.69) is 20.3 Å². The summed E-state index contributed by atoms with van der Waals surface area (Å²) in [5, 5.41) is 3.07. The molecule has 1 aliphatic heterocycles. The molecule has 3 aromatic rings. The Morgan fingerprint density at radius 2 is 2.03 bits per heavy atom. The van der Waals surface area contributed by atoms with Crippen molar-refractivity contribution in [1.29, 1.82) is 0 Å². The minimum Gasteiger partial charge on any atom is -0.324 e. The maximum Gasteiger partial charge on any atom is 0.243 e. The lowest BCUT2D eigenvalue weighted by Crippen LogP contribution is -2.31. The molecule has 1 atom stereocenters. The van der Waals surface area contributed by atoms with Crippen LogP contribution in [0, 0.1) is 12.7 Å². The van der Waals surface area contributed by atoms with Gasteiger partial charge >= 0.3 is 0 Å². The van der Waals surface area contributed by atoms with Crippen molar-refractivity contribution in [2.75, 3.05) is 11.9 Å². The lowest BCUT2D eigenvalue weighted by Gasteiger charge is -2.24. The van der Waals surface area contributed by atoms with E-state index >= 15 is 0 Å². The fourth-order valence-corrected chi connectivity index (χ4v) is 5.16. The number of pyridine rings is 1. The third-order valence-corrected chi connectivity index (χ3v) is 6.76. The quantitative estimate of drug-likeness (QED) is 0.688. The Hall–Kier alpha value is -2.91. The molecule has 1 aromatic carbocycles. The summed E-state index contributed by atoms with van der Waals surface area (Å²) < 4.78 is 41.4. The van der Waals surface area contributed by atoms with E-state index in [-0.39, 0.29) is 4.90 Å². The Labute approximate surface area is 168 Å². The predicted octanol–water partition coefficient (Wildman–Crippen LogP) is 3.59. The number of sulfonamides is 1. The molecule has 3 heterocycles. The normalized spacial score (nSPS) is 17.4. The molecule has 1 fully saturated rings. The van der Waals surface area contributed by atoms with Crippen LogP contribution >= 0.6 is 0 Å². The standard InChI is InChI=1S/C20H20FN5O2S/c1-14-11-15(7-8-16(14)21)29(27,28)26-10-4-5-18(26)17-12-22-13-20(24-17)25-19-6-2-3-9-23-19/h2-3,6-9,11-13,18H,4-5,10H2,1H3,(H,23,24,25). The molecule has 0 radical (unpaired) electrons. The maximum absolute atomic E-state index is 13.6. The number of benzene rings is 1. The van der Waals surface area contributed by atoms with Gasteiger partial charge in [0.15, 0.2) is 0 Å². The first kappa shape index (κ1) is 19.4. The zero-order valence-corrected chi connectivity index (χ0v) is 16.6. The highest BCUT2D eigenvalue weighted by Crippen LogP contribution is 2.36. The fraction of sp³-hybridized carbons (Fsp3) is 0.250. The van der Waals surface area contributed by atoms with E-state index in [0.717, 1.165) is 0 Å². The van der Waals surface area contributed by atoms with Crippen LogP contribution in [0.15, 0.2) is 59.9 Å². The monoisotopic (exact) mass is 413 g/mol. The molecule has 4 rings (SSSR count). The SMILES string of the molecule is Cc1cc(S(=O)(=O)N2CCCC2c2cncc(Nc3ccccn3)n2)ccc1F. The van der Waals surface area contributed by atoms with Crippen molar-refractivity contribution >= 4 is 21.7 Å². The van der Waals surface area contributed by atoms with Gasteiger partial charge in [0.1, 0.15) is 17.5 Å². The second-order valence-corrected chi connectivity index (χ2v) is 8.74. The van der Waals surface area contributed by atoms with Gasteiger partial charge in [-0.1, -0.05) is 6.07 Å². The topological polar surface area (TPSA) is 88.1 Å². The van der Waals surface area contributed by atoms with Gasteiger partial charge in [0.05, 0.1) is 29.0 Å². The van der Waals surface area contributed by atoms with Gasteiger partial charge in [0, 0.05) is 12.7 Å². The maximum atomic E-state index is 13.6. The number of aryl methyl sites for hydroxylation is 1. The summed E-state index contributed by atoms with van der Waals surface area (Å²) in [6.07, 6.45) is 6.16. The molecule has 0 amide bonds. The average Bonchev–Trinajstić information content (AvgIpc) is 3.22. The molecular weight excluding hydrogens is 393 g/mol. The van der Waals surface area contributed by atoms with Crippen molar-refractivity contribution in [3.63, 3.8) is 0 Å². The molecule has 1 N–H and O–H groups in total. The summed E-state index contributed by atoms with van der Waals surface area (Å²) in [4.78, 5) is 13.1. The molecule has 0 bridgehead atoms. The minimum atomic E-state index is -3.78. The van der Waals surface area contributed by atoms with E-state index in [0.29, 0.717) is 42.3 Å². The van der Waals surface area contributed by atoms with Gasteiger partial charge in [0.2, 0.25) is 10.0 Å². The Morgan fingerprint density at radius 1 is 1.17 bits per heavy atom. The molecule has 0 saturated carbocycles. The van der Waals surface area contributed by atoms with Crippen molar-refractivity contribution in [1.82, 2.24) is 19.3 Å². The first-order chi connectivity index (χ1) is 13.9. The van der Waals surface area contributed by atoms with Crippen molar-refractivity contribution < 1.29 is 12.8 Å². The number of nitrogens with zero attached hydrogens (tertiary/aromatic N) is 4. The molecule has 0 spiro atoms. The van der Waals surface area contributed by atoms with Crippen LogP contribution in [0.4, 0.5) is 16.0 Å². The van der Waals surface area contributed by atoms with Crippen molar-refractivity contribution in [2.45, 2.75) is 30.7 Å². The molecule has 9 heteroatoms. The highest BCUT2D eigenvalue weighted by Gasteiger charge is 2.37. The van der Waals surface area contributed by atoms with Crippen molar-refractivity contribution in [2.24, 2.45) is 0 Å². The Balaban J connectivity index is 1.63. The van der Waals surface area contributed by atoms with Gasteiger partial charge in [-0.25, -0.2) is 22.8 Å². The molecule has 7 nitrogen and oxygen atoms in total. The smallest absolute Gasteiger partial charge is 0.243 e. The van der Waals surface area contributed by atoms with Crippen molar-refractivity contribution in [3.8, 4) is 0 Å². The first-order valence-electron chi connectivity index (χ1n) is 9.23. The number of hydrogen-bond acceptors (Lipinski definition) is 6. The lowest BCUT2D eigenvalue weighted by atomic mass is 10.2. The summed E-state index contributed by atoms with van der Waals surface area (Å²) in [5.41, 5.74) is 0.856. The van der Waals surface area contributed by atoms with Crippen LogP contribution in [-0.4, -0.2) is 34.2 Å². The fourth-order valence-electron chi connectivity index (χ4n) is 3.41. The predicted molar refractivity (Wildman–Crippen MR) is 107 cm³/mol. The Morgan fingerprint density at radius 3 is 2.79 bits per heavy atom. The summed E-state index contributed by atoms with van der Waals surface area (Å²) in [5.74, 6) is 0.681. The largest absolute Gasteiger partial charge is 0.324 e. The second-order valence-electron chi connectivity index (χ2n) is 6.85. The number of anilines is 2. The van der Waals surface area contributed by atoms with E-state index in [1.165, 1.54) is 22.5 Å². The van der Waals surface area contributed by atoms with Crippen LogP contribution in [0.25, 0.3) is 0 Å². The molecule has 29 heavy (non-hydrogen) atoms. The number of rotatable bonds is 5. The number of halogens is 1. The number of hydrogen-bond donors (Lipinski definition) is 1. The van der Waals surface area contributed by atoms with Crippen LogP contribution < -0.4 is 5.32 Å². The van der Waals surface area contributed by atoms with Crippen LogP contribution in [0.2, 0.25) is 0 Å².